The molecule has 1 heterocycles. The molecular formula is C25H29N5O5. The Hall–Kier alpha value is -4.05. The topological polar surface area (TPSA) is 145 Å². The number of non-ortho nitro benzene ring substituents is 1. The van der Waals surface area contributed by atoms with Crippen LogP contribution in [0.1, 0.15) is 51.6 Å². The standard InChI is InChI=1S/C25H29N5O5/c1-16-22(17(2)35-28-16)24(32)29(15-25(3,4)14-26)13-18-5-9-20(10-6-18)27-23(31)19-7-11-21(12-8-19)30(33)34/h5-12H,13-15,26H2,1-4H3,(H,27,31). The number of nitro groups is 1. The molecule has 35 heavy (non-hydrogen) atoms. The van der Waals surface area contributed by atoms with Crippen LogP contribution in [0.25, 0.3) is 0 Å². The summed E-state index contributed by atoms with van der Waals surface area (Å²) in [6, 6.07) is 12.5. The molecule has 184 valence electrons. The molecule has 0 fully saturated rings. The number of carbonyl (C=O) groups excluding carboxylic acids is 2. The van der Waals surface area contributed by atoms with Crippen LogP contribution in [0, 0.1) is 29.4 Å². The summed E-state index contributed by atoms with van der Waals surface area (Å²) in [4.78, 5) is 37.8. The Labute approximate surface area is 203 Å². The van der Waals surface area contributed by atoms with Crippen LogP contribution in [0.2, 0.25) is 0 Å². The molecule has 10 nitrogen and oxygen atoms in total. The largest absolute Gasteiger partial charge is 0.361 e. The van der Waals surface area contributed by atoms with Crippen molar-refractivity contribution in [3.63, 3.8) is 0 Å². The Morgan fingerprint density at radius 1 is 1.11 bits per heavy atom. The first kappa shape index (κ1) is 25.6. The molecule has 10 heteroatoms. The smallest absolute Gasteiger partial charge is 0.269 e. The van der Waals surface area contributed by atoms with Gasteiger partial charge in [0, 0.05) is 36.5 Å². The highest BCUT2D eigenvalue weighted by atomic mass is 16.6. The van der Waals surface area contributed by atoms with E-state index in [2.05, 4.69) is 10.5 Å². The summed E-state index contributed by atoms with van der Waals surface area (Å²) >= 11 is 0. The number of hydrogen-bond donors (Lipinski definition) is 2. The van der Waals surface area contributed by atoms with Crippen LogP contribution in [0.5, 0.6) is 0 Å². The number of aryl methyl sites for hydroxylation is 2. The van der Waals surface area contributed by atoms with Crippen molar-refractivity contribution in [3.8, 4) is 0 Å². The fraction of sp³-hybridized carbons (Fsp3) is 0.320. The zero-order valence-corrected chi connectivity index (χ0v) is 20.2. The van der Waals surface area contributed by atoms with Gasteiger partial charge in [-0.25, -0.2) is 0 Å². The molecule has 0 aliphatic rings. The molecule has 0 aliphatic heterocycles. The lowest BCUT2D eigenvalue weighted by atomic mass is 9.92. The molecular weight excluding hydrogens is 450 g/mol. The molecule has 0 unspecified atom stereocenters. The minimum Gasteiger partial charge on any atom is -0.361 e. The Kier molecular flexibility index (Phi) is 7.65. The van der Waals surface area contributed by atoms with Crippen LogP contribution in [-0.2, 0) is 6.54 Å². The first-order chi connectivity index (χ1) is 16.5. The molecule has 1 aromatic heterocycles. The van der Waals surface area contributed by atoms with Crippen molar-refractivity contribution in [2.45, 2.75) is 34.2 Å². The van der Waals surface area contributed by atoms with E-state index < -0.39 is 4.92 Å². The fourth-order valence-corrected chi connectivity index (χ4v) is 3.58. The van der Waals surface area contributed by atoms with E-state index in [9.17, 15) is 19.7 Å². The number of amides is 2. The summed E-state index contributed by atoms with van der Waals surface area (Å²) in [6.07, 6.45) is 0. The first-order valence-electron chi connectivity index (χ1n) is 11.1. The fourth-order valence-electron chi connectivity index (χ4n) is 3.58. The van der Waals surface area contributed by atoms with Crippen molar-refractivity contribution in [2.75, 3.05) is 18.4 Å². The van der Waals surface area contributed by atoms with Crippen LogP contribution in [0.15, 0.2) is 53.1 Å². The number of rotatable bonds is 9. The maximum atomic E-state index is 13.4. The maximum Gasteiger partial charge on any atom is 0.269 e. The predicted molar refractivity (Wildman–Crippen MR) is 131 cm³/mol. The van der Waals surface area contributed by atoms with Gasteiger partial charge in [0.05, 0.1) is 10.6 Å². The Balaban J connectivity index is 1.74. The van der Waals surface area contributed by atoms with Crippen LogP contribution in [0.4, 0.5) is 11.4 Å². The van der Waals surface area contributed by atoms with Gasteiger partial charge in [-0.1, -0.05) is 31.1 Å². The van der Waals surface area contributed by atoms with Gasteiger partial charge in [-0.2, -0.15) is 0 Å². The number of hydrogen-bond acceptors (Lipinski definition) is 7. The highest BCUT2D eigenvalue weighted by molar-refractivity contribution is 6.04. The minimum absolute atomic E-state index is 0.0839. The molecule has 3 aromatic rings. The maximum absolute atomic E-state index is 13.4. The van der Waals surface area contributed by atoms with Gasteiger partial charge >= 0.3 is 0 Å². The van der Waals surface area contributed by atoms with Crippen LogP contribution >= 0.6 is 0 Å². The van der Waals surface area contributed by atoms with Crippen molar-refractivity contribution >= 4 is 23.2 Å². The normalized spacial score (nSPS) is 11.2. The average molecular weight is 480 g/mol. The number of nitrogens with zero attached hydrogens (tertiary/aromatic N) is 3. The summed E-state index contributed by atoms with van der Waals surface area (Å²) < 4.78 is 5.18. The SMILES string of the molecule is Cc1noc(C)c1C(=O)N(Cc1ccc(NC(=O)c2ccc([N+](=O)[O-])cc2)cc1)CC(C)(C)CN. The third-order valence-electron chi connectivity index (χ3n) is 5.63. The Morgan fingerprint density at radius 2 is 1.74 bits per heavy atom. The van der Waals surface area contributed by atoms with Crippen molar-refractivity contribution in [3.05, 3.63) is 86.8 Å². The van der Waals surface area contributed by atoms with Gasteiger partial charge in [0.15, 0.2) is 0 Å². The van der Waals surface area contributed by atoms with Gasteiger partial charge in [0.2, 0.25) is 0 Å². The lowest BCUT2D eigenvalue weighted by molar-refractivity contribution is -0.384. The molecule has 0 radical (unpaired) electrons. The summed E-state index contributed by atoms with van der Waals surface area (Å²) in [7, 11) is 0. The molecule has 2 amide bonds. The molecule has 0 saturated carbocycles. The van der Waals surface area contributed by atoms with Gasteiger partial charge < -0.3 is 20.5 Å². The van der Waals surface area contributed by atoms with Crippen LogP contribution in [-0.4, -0.2) is 39.9 Å². The zero-order valence-electron chi connectivity index (χ0n) is 20.2. The van der Waals surface area contributed by atoms with Crippen LogP contribution in [0.3, 0.4) is 0 Å². The lowest BCUT2D eigenvalue weighted by Gasteiger charge is -2.32. The average Bonchev–Trinajstić information content (AvgIpc) is 3.17. The molecule has 0 saturated heterocycles. The van der Waals surface area contributed by atoms with E-state index >= 15 is 0 Å². The molecule has 3 N–H and O–H groups in total. The number of aromatic nitrogens is 1. The zero-order chi connectivity index (χ0) is 25.8. The highest BCUT2D eigenvalue weighted by Gasteiger charge is 2.28. The van der Waals surface area contributed by atoms with E-state index in [0.717, 1.165) is 5.56 Å². The number of nitrogens with two attached hydrogens (primary N) is 1. The van der Waals surface area contributed by atoms with Gasteiger partial charge in [0.25, 0.3) is 17.5 Å². The summed E-state index contributed by atoms with van der Waals surface area (Å²) in [5.74, 6) is -0.0989. The molecule has 0 atom stereocenters. The van der Waals surface area contributed by atoms with E-state index in [0.29, 0.717) is 47.9 Å². The van der Waals surface area contributed by atoms with Crippen molar-refractivity contribution in [2.24, 2.45) is 11.1 Å². The summed E-state index contributed by atoms with van der Waals surface area (Å²) in [5, 5.41) is 17.5. The molecule has 3 rings (SSSR count). The summed E-state index contributed by atoms with van der Waals surface area (Å²) in [6.45, 7) is 8.62. The van der Waals surface area contributed by atoms with Crippen LogP contribution < -0.4 is 11.1 Å². The Morgan fingerprint density at radius 3 is 2.26 bits per heavy atom. The van der Waals surface area contributed by atoms with Crippen molar-refractivity contribution < 1.29 is 19.0 Å². The van der Waals surface area contributed by atoms with E-state index in [1.807, 2.05) is 26.0 Å². The second kappa shape index (κ2) is 10.5. The summed E-state index contributed by atoms with van der Waals surface area (Å²) in [5.41, 5.74) is 8.25. The molecule has 2 aromatic carbocycles. The monoisotopic (exact) mass is 479 g/mol. The van der Waals surface area contributed by atoms with E-state index in [1.165, 1.54) is 24.3 Å². The third kappa shape index (κ3) is 6.30. The van der Waals surface area contributed by atoms with Gasteiger partial charge in [-0.3, -0.25) is 19.7 Å². The molecule has 0 spiro atoms. The van der Waals surface area contributed by atoms with Crippen molar-refractivity contribution in [1.82, 2.24) is 10.1 Å². The number of anilines is 1. The highest BCUT2D eigenvalue weighted by Crippen LogP contribution is 2.23. The van der Waals surface area contributed by atoms with E-state index in [-0.39, 0.29) is 22.9 Å². The van der Waals surface area contributed by atoms with Gasteiger partial charge in [-0.05, 0) is 55.6 Å². The molecule has 0 bridgehead atoms. The van der Waals surface area contributed by atoms with Gasteiger partial charge in [0.1, 0.15) is 11.3 Å². The lowest BCUT2D eigenvalue weighted by Crippen LogP contribution is -2.42. The third-order valence-corrected chi connectivity index (χ3v) is 5.63. The second-order valence-electron chi connectivity index (χ2n) is 9.18. The predicted octanol–water partition coefficient (Wildman–Crippen LogP) is 4.08. The number of nitrogens with one attached hydrogen (secondary N) is 1. The second-order valence-corrected chi connectivity index (χ2v) is 9.18. The number of carbonyl (C=O) groups is 2. The minimum atomic E-state index is -0.519. The van der Waals surface area contributed by atoms with Gasteiger partial charge in [-0.15, -0.1) is 0 Å². The quantitative estimate of drug-likeness (QED) is 0.347. The number of benzene rings is 2. The van der Waals surface area contributed by atoms with E-state index in [4.69, 9.17) is 10.3 Å². The van der Waals surface area contributed by atoms with Crippen molar-refractivity contribution in [1.29, 1.82) is 0 Å². The molecule has 0 aliphatic carbocycles. The first-order valence-corrected chi connectivity index (χ1v) is 11.1. The Bertz CT molecular complexity index is 1200. The number of nitro benzene ring substituents is 1. The van der Waals surface area contributed by atoms with E-state index in [1.54, 1.807) is 30.9 Å².